The van der Waals surface area contributed by atoms with Crippen LogP contribution in [0.5, 0.6) is 0 Å². The SMILES string of the molecule is CNCCC(O)C(O)c1ncc([N+](=O)[O-])cc1C. The Labute approximate surface area is 105 Å². The summed E-state index contributed by atoms with van der Waals surface area (Å²) in [7, 11) is 1.74. The van der Waals surface area contributed by atoms with Gasteiger partial charge in [-0.2, -0.15) is 0 Å². The van der Waals surface area contributed by atoms with Crippen molar-refractivity contribution in [2.75, 3.05) is 13.6 Å². The molecule has 0 spiro atoms. The molecule has 0 fully saturated rings. The largest absolute Gasteiger partial charge is 0.390 e. The quantitative estimate of drug-likeness (QED) is 0.498. The number of nitrogens with one attached hydrogen (secondary N) is 1. The smallest absolute Gasteiger partial charge is 0.287 e. The molecule has 0 aliphatic carbocycles. The first-order chi connectivity index (χ1) is 8.47. The van der Waals surface area contributed by atoms with E-state index in [2.05, 4.69) is 10.3 Å². The maximum absolute atomic E-state index is 10.6. The second kappa shape index (κ2) is 6.39. The number of pyridine rings is 1. The lowest BCUT2D eigenvalue weighted by Crippen LogP contribution is -2.24. The van der Waals surface area contributed by atoms with Gasteiger partial charge in [-0.25, -0.2) is 0 Å². The zero-order valence-corrected chi connectivity index (χ0v) is 10.3. The summed E-state index contributed by atoms with van der Waals surface area (Å²) in [6.07, 6.45) is -0.643. The summed E-state index contributed by atoms with van der Waals surface area (Å²) in [6, 6.07) is 1.33. The molecule has 3 N–H and O–H groups in total. The van der Waals surface area contributed by atoms with Gasteiger partial charge in [0, 0.05) is 6.07 Å². The fourth-order valence-corrected chi connectivity index (χ4v) is 1.61. The van der Waals surface area contributed by atoms with Crippen molar-refractivity contribution in [1.29, 1.82) is 0 Å². The molecule has 7 nitrogen and oxygen atoms in total. The highest BCUT2D eigenvalue weighted by Crippen LogP contribution is 2.23. The van der Waals surface area contributed by atoms with Crippen LogP contribution in [0.2, 0.25) is 0 Å². The van der Waals surface area contributed by atoms with E-state index in [1.54, 1.807) is 14.0 Å². The molecule has 0 aliphatic rings. The molecule has 1 aromatic rings. The van der Waals surface area contributed by atoms with E-state index in [4.69, 9.17) is 0 Å². The van der Waals surface area contributed by atoms with Crippen LogP contribution < -0.4 is 5.32 Å². The van der Waals surface area contributed by atoms with E-state index >= 15 is 0 Å². The number of rotatable bonds is 6. The van der Waals surface area contributed by atoms with Crippen LogP contribution in [0.25, 0.3) is 0 Å². The molecule has 2 unspecified atom stereocenters. The van der Waals surface area contributed by atoms with Crippen LogP contribution in [0.15, 0.2) is 12.3 Å². The first kappa shape index (κ1) is 14.5. The number of nitro groups is 1. The lowest BCUT2D eigenvalue weighted by atomic mass is 10.0. The van der Waals surface area contributed by atoms with Crippen molar-refractivity contribution in [3.8, 4) is 0 Å². The van der Waals surface area contributed by atoms with Crippen LogP contribution >= 0.6 is 0 Å². The standard InChI is InChI=1S/C11H17N3O4/c1-7-5-8(14(17)18)6-13-10(7)11(16)9(15)3-4-12-2/h5-6,9,11-12,15-16H,3-4H2,1-2H3. The Balaban J connectivity index is 2.86. The van der Waals surface area contributed by atoms with Gasteiger partial charge in [0.05, 0.1) is 16.7 Å². The molecular formula is C11H17N3O4. The van der Waals surface area contributed by atoms with E-state index in [1.807, 2.05) is 0 Å². The van der Waals surface area contributed by atoms with E-state index in [0.29, 0.717) is 18.5 Å². The van der Waals surface area contributed by atoms with Crippen molar-refractivity contribution in [3.63, 3.8) is 0 Å². The fourth-order valence-electron chi connectivity index (χ4n) is 1.61. The molecular weight excluding hydrogens is 238 g/mol. The first-order valence-corrected chi connectivity index (χ1v) is 5.59. The Morgan fingerprint density at radius 1 is 1.56 bits per heavy atom. The summed E-state index contributed by atoms with van der Waals surface area (Å²) in [5.74, 6) is 0. The minimum atomic E-state index is -1.14. The van der Waals surface area contributed by atoms with Gasteiger partial charge in [0.25, 0.3) is 5.69 Å². The summed E-state index contributed by atoms with van der Waals surface area (Å²) < 4.78 is 0. The van der Waals surface area contributed by atoms with Gasteiger partial charge in [0.15, 0.2) is 0 Å². The Kier molecular flexibility index (Phi) is 5.14. The van der Waals surface area contributed by atoms with E-state index in [9.17, 15) is 20.3 Å². The molecule has 18 heavy (non-hydrogen) atoms. The maximum atomic E-state index is 10.6. The van der Waals surface area contributed by atoms with Gasteiger partial charge in [-0.3, -0.25) is 15.1 Å². The highest BCUT2D eigenvalue weighted by molar-refractivity contribution is 5.34. The van der Waals surface area contributed by atoms with E-state index in [1.165, 1.54) is 6.07 Å². The molecule has 7 heteroatoms. The number of nitrogens with zero attached hydrogens (tertiary/aromatic N) is 2. The van der Waals surface area contributed by atoms with Gasteiger partial charge in [-0.15, -0.1) is 0 Å². The summed E-state index contributed by atoms with van der Waals surface area (Å²) in [5.41, 5.74) is 0.623. The van der Waals surface area contributed by atoms with Crippen LogP contribution in [0.3, 0.4) is 0 Å². The predicted molar refractivity (Wildman–Crippen MR) is 65.1 cm³/mol. The fraction of sp³-hybridized carbons (Fsp3) is 0.545. The molecule has 0 bridgehead atoms. The second-order valence-electron chi connectivity index (χ2n) is 4.06. The Bertz CT molecular complexity index is 425. The third-order valence-corrected chi connectivity index (χ3v) is 2.65. The van der Waals surface area contributed by atoms with Crippen LogP contribution in [0.4, 0.5) is 5.69 Å². The first-order valence-electron chi connectivity index (χ1n) is 5.59. The number of aryl methyl sites for hydroxylation is 1. The molecule has 1 rings (SSSR count). The molecule has 0 saturated heterocycles. The molecule has 100 valence electrons. The highest BCUT2D eigenvalue weighted by atomic mass is 16.6. The van der Waals surface area contributed by atoms with Crippen LogP contribution in [0.1, 0.15) is 23.8 Å². The van der Waals surface area contributed by atoms with Crippen LogP contribution in [-0.4, -0.2) is 39.8 Å². The molecule has 0 aromatic carbocycles. The lowest BCUT2D eigenvalue weighted by molar-refractivity contribution is -0.385. The third-order valence-electron chi connectivity index (χ3n) is 2.65. The van der Waals surface area contributed by atoms with Crippen molar-refractivity contribution in [2.45, 2.75) is 25.6 Å². The molecule has 0 amide bonds. The number of aliphatic hydroxyl groups excluding tert-OH is 2. The summed E-state index contributed by atoms with van der Waals surface area (Å²) in [4.78, 5) is 13.9. The van der Waals surface area contributed by atoms with Crippen molar-refractivity contribution < 1.29 is 15.1 Å². The van der Waals surface area contributed by atoms with Gasteiger partial charge < -0.3 is 15.5 Å². The molecule has 1 heterocycles. The monoisotopic (exact) mass is 255 g/mol. The molecule has 0 aliphatic heterocycles. The van der Waals surface area contributed by atoms with Crippen molar-refractivity contribution in [3.05, 3.63) is 33.6 Å². The van der Waals surface area contributed by atoms with E-state index in [-0.39, 0.29) is 11.4 Å². The van der Waals surface area contributed by atoms with Crippen molar-refractivity contribution in [1.82, 2.24) is 10.3 Å². The zero-order chi connectivity index (χ0) is 13.7. The Morgan fingerprint density at radius 3 is 2.72 bits per heavy atom. The van der Waals surface area contributed by atoms with Crippen LogP contribution in [0, 0.1) is 17.0 Å². The Hall–Kier alpha value is -1.57. The average molecular weight is 255 g/mol. The second-order valence-corrected chi connectivity index (χ2v) is 4.06. The topological polar surface area (TPSA) is 109 Å². The summed E-state index contributed by atoms with van der Waals surface area (Å²) in [6.45, 7) is 2.17. The van der Waals surface area contributed by atoms with E-state index < -0.39 is 17.1 Å². The average Bonchev–Trinajstić information content (AvgIpc) is 2.34. The number of hydrogen-bond acceptors (Lipinski definition) is 6. The summed E-state index contributed by atoms with van der Waals surface area (Å²) in [5, 5.41) is 33.1. The van der Waals surface area contributed by atoms with Crippen LogP contribution in [-0.2, 0) is 0 Å². The Morgan fingerprint density at radius 2 is 2.22 bits per heavy atom. The molecule has 0 saturated carbocycles. The summed E-state index contributed by atoms with van der Waals surface area (Å²) >= 11 is 0. The van der Waals surface area contributed by atoms with Gasteiger partial charge >= 0.3 is 0 Å². The highest BCUT2D eigenvalue weighted by Gasteiger charge is 2.22. The maximum Gasteiger partial charge on any atom is 0.287 e. The van der Waals surface area contributed by atoms with Gasteiger partial charge in [0.2, 0.25) is 0 Å². The number of aliphatic hydroxyl groups is 2. The van der Waals surface area contributed by atoms with Crippen molar-refractivity contribution in [2.24, 2.45) is 0 Å². The lowest BCUT2D eigenvalue weighted by Gasteiger charge is -2.18. The number of hydrogen-bond donors (Lipinski definition) is 3. The molecule has 1 aromatic heterocycles. The van der Waals surface area contributed by atoms with Crippen molar-refractivity contribution >= 4 is 5.69 Å². The van der Waals surface area contributed by atoms with Gasteiger partial charge in [-0.05, 0) is 32.5 Å². The van der Waals surface area contributed by atoms with E-state index in [0.717, 1.165) is 6.20 Å². The molecule has 0 radical (unpaired) electrons. The normalized spacial score (nSPS) is 14.2. The molecule has 2 atom stereocenters. The predicted octanol–water partition coefficient (Wildman–Crippen LogP) is 0.302. The minimum Gasteiger partial charge on any atom is -0.390 e. The number of aromatic nitrogens is 1. The van der Waals surface area contributed by atoms with Gasteiger partial charge in [-0.1, -0.05) is 0 Å². The zero-order valence-electron chi connectivity index (χ0n) is 10.3. The third kappa shape index (κ3) is 3.46. The minimum absolute atomic E-state index is 0.131. The van der Waals surface area contributed by atoms with Gasteiger partial charge in [0.1, 0.15) is 12.3 Å².